The van der Waals surface area contributed by atoms with Crippen LogP contribution in [0.5, 0.6) is 0 Å². The molecule has 7 atom stereocenters. The van der Waals surface area contributed by atoms with Crippen LogP contribution in [0.3, 0.4) is 0 Å². The quantitative estimate of drug-likeness (QED) is 0.460. The van der Waals surface area contributed by atoms with Crippen LogP contribution in [0.2, 0.25) is 0 Å². The Morgan fingerprint density at radius 3 is 2.11 bits per heavy atom. The third kappa shape index (κ3) is 3.57. The van der Waals surface area contributed by atoms with Crippen LogP contribution in [0.15, 0.2) is 0 Å². The second-order valence-corrected chi connectivity index (χ2v) is 9.58. The monoisotopic (exact) mass is 396 g/mol. The first-order chi connectivity index (χ1) is 13.1. The molecule has 0 amide bonds. The van der Waals surface area contributed by atoms with Gasteiger partial charge in [0.15, 0.2) is 0 Å². The predicted octanol–water partition coefficient (Wildman–Crippen LogP) is 2.39. The van der Waals surface area contributed by atoms with Gasteiger partial charge in [-0.15, -0.1) is 0 Å². The lowest BCUT2D eigenvalue weighted by Gasteiger charge is -2.29. The Hall–Kier alpha value is -1.18. The molecule has 3 aliphatic heterocycles. The minimum absolute atomic E-state index is 0.0168. The number of hydrogen-bond acceptors (Lipinski definition) is 7. The van der Waals surface area contributed by atoms with E-state index < -0.39 is 11.8 Å². The summed E-state index contributed by atoms with van der Waals surface area (Å²) < 4.78 is 27.5. The zero-order chi connectivity index (χ0) is 20.3. The van der Waals surface area contributed by atoms with Crippen molar-refractivity contribution < 1.29 is 33.3 Å². The highest BCUT2D eigenvalue weighted by molar-refractivity contribution is 5.82. The van der Waals surface area contributed by atoms with Crippen LogP contribution in [0.25, 0.3) is 0 Å². The number of methoxy groups -OCH3 is 2. The average Bonchev–Trinajstić information content (AvgIpc) is 3.59. The fourth-order valence-electron chi connectivity index (χ4n) is 5.14. The molecule has 0 spiro atoms. The normalized spacial score (nSPS) is 45.0. The summed E-state index contributed by atoms with van der Waals surface area (Å²) in [5.74, 6) is -1.70. The van der Waals surface area contributed by atoms with Crippen molar-refractivity contribution in [2.75, 3.05) is 14.2 Å². The van der Waals surface area contributed by atoms with E-state index in [1.54, 1.807) is 0 Å². The topological polar surface area (TPSA) is 90.2 Å². The molecule has 0 aromatic heterocycles. The Morgan fingerprint density at radius 2 is 1.50 bits per heavy atom. The lowest BCUT2D eigenvalue weighted by atomic mass is 9.72. The minimum Gasteiger partial charge on any atom is -0.469 e. The molecule has 0 radical (unpaired) electrons. The first-order valence-electron chi connectivity index (χ1n) is 10.3. The summed E-state index contributed by atoms with van der Waals surface area (Å²) in [6.45, 7) is 6.41. The molecule has 7 nitrogen and oxygen atoms in total. The Bertz CT molecular complexity index is 661. The van der Waals surface area contributed by atoms with Crippen LogP contribution in [-0.4, -0.2) is 61.3 Å². The van der Waals surface area contributed by atoms with E-state index in [2.05, 4.69) is 20.8 Å². The fraction of sp³-hybridized carbons (Fsp3) is 0.905. The standard InChI is InChI=1S/C21H32O7/c1-19(2)14(26-19)6-8-20(3)15(27-20)7-9-21-11-13(18(23)25-5)12(17(22)24-4)10-16(21)28-21/h12-16H,6-11H2,1-5H3. The lowest BCUT2D eigenvalue weighted by Crippen LogP contribution is -2.41. The number of ether oxygens (including phenoxy) is 5. The number of fused-ring (bicyclic) bond motifs is 1. The van der Waals surface area contributed by atoms with Crippen LogP contribution in [0.1, 0.15) is 59.3 Å². The average molecular weight is 396 g/mol. The maximum atomic E-state index is 12.2. The van der Waals surface area contributed by atoms with Crippen molar-refractivity contribution in [2.24, 2.45) is 11.8 Å². The van der Waals surface area contributed by atoms with E-state index in [1.165, 1.54) is 14.2 Å². The van der Waals surface area contributed by atoms with E-state index in [0.29, 0.717) is 18.9 Å². The Labute approximate surface area is 166 Å². The molecule has 0 aromatic rings. The first-order valence-corrected chi connectivity index (χ1v) is 10.3. The van der Waals surface area contributed by atoms with E-state index in [0.717, 1.165) is 25.7 Å². The van der Waals surface area contributed by atoms with Crippen molar-refractivity contribution in [3.8, 4) is 0 Å². The van der Waals surface area contributed by atoms with Crippen molar-refractivity contribution in [3.05, 3.63) is 0 Å². The summed E-state index contributed by atoms with van der Waals surface area (Å²) in [7, 11) is 2.71. The highest BCUT2D eigenvalue weighted by atomic mass is 16.6. The Kier molecular flexibility index (Phi) is 4.79. The van der Waals surface area contributed by atoms with Crippen molar-refractivity contribution in [1.82, 2.24) is 0 Å². The van der Waals surface area contributed by atoms with Gasteiger partial charge in [0.2, 0.25) is 0 Å². The van der Waals surface area contributed by atoms with Gasteiger partial charge >= 0.3 is 11.9 Å². The van der Waals surface area contributed by atoms with Gasteiger partial charge in [0, 0.05) is 0 Å². The van der Waals surface area contributed by atoms with Crippen molar-refractivity contribution in [2.45, 2.75) is 94.4 Å². The zero-order valence-corrected chi connectivity index (χ0v) is 17.5. The van der Waals surface area contributed by atoms with Gasteiger partial charge in [-0.2, -0.15) is 0 Å². The summed E-state index contributed by atoms with van der Waals surface area (Å²) in [5, 5.41) is 0. The smallest absolute Gasteiger partial charge is 0.309 e. The molecular formula is C21H32O7. The van der Waals surface area contributed by atoms with Crippen LogP contribution >= 0.6 is 0 Å². The summed E-state index contributed by atoms with van der Waals surface area (Å²) in [6, 6.07) is 0. The van der Waals surface area contributed by atoms with Crippen LogP contribution in [0.4, 0.5) is 0 Å². The summed E-state index contributed by atoms with van der Waals surface area (Å²) in [4.78, 5) is 24.3. The molecule has 1 saturated carbocycles. The van der Waals surface area contributed by atoms with E-state index in [4.69, 9.17) is 23.7 Å². The number of epoxide rings is 3. The van der Waals surface area contributed by atoms with Gasteiger partial charge in [0.05, 0.1) is 61.2 Å². The molecule has 1 aliphatic carbocycles. The molecule has 4 rings (SSSR count). The molecule has 0 N–H and O–H groups in total. The lowest BCUT2D eigenvalue weighted by molar-refractivity contribution is -0.159. The van der Waals surface area contributed by atoms with E-state index in [9.17, 15) is 9.59 Å². The molecule has 3 heterocycles. The van der Waals surface area contributed by atoms with Gasteiger partial charge in [-0.1, -0.05) is 0 Å². The molecule has 7 heteroatoms. The van der Waals surface area contributed by atoms with Gasteiger partial charge < -0.3 is 23.7 Å². The molecule has 158 valence electrons. The number of esters is 2. The van der Waals surface area contributed by atoms with Crippen LogP contribution in [0, 0.1) is 11.8 Å². The molecule has 28 heavy (non-hydrogen) atoms. The molecule has 3 saturated heterocycles. The van der Waals surface area contributed by atoms with Gasteiger partial charge in [-0.25, -0.2) is 0 Å². The molecule has 7 unspecified atom stereocenters. The molecule has 0 aromatic carbocycles. The highest BCUT2D eigenvalue weighted by Crippen LogP contribution is 2.56. The van der Waals surface area contributed by atoms with Crippen molar-refractivity contribution in [1.29, 1.82) is 0 Å². The summed E-state index contributed by atoms with van der Waals surface area (Å²) >= 11 is 0. The number of carbonyl (C=O) groups excluding carboxylic acids is 2. The largest absolute Gasteiger partial charge is 0.469 e. The zero-order valence-electron chi connectivity index (χ0n) is 17.5. The van der Waals surface area contributed by atoms with Crippen molar-refractivity contribution in [3.63, 3.8) is 0 Å². The number of hydrogen-bond donors (Lipinski definition) is 0. The SMILES string of the molecule is COC(=O)C1CC2OC2(CCC2OC2(C)CCC2OC2(C)C)CC1C(=O)OC. The summed E-state index contributed by atoms with van der Waals surface area (Å²) in [5.41, 5.74) is -0.373. The van der Waals surface area contributed by atoms with Gasteiger partial charge in [-0.3, -0.25) is 9.59 Å². The van der Waals surface area contributed by atoms with Crippen LogP contribution < -0.4 is 0 Å². The third-order valence-corrected chi connectivity index (χ3v) is 7.37. The second kappa shape index (κ2) is 6.67. The fourth-order valence-corrected chi connectivity index (χ4v) is 5.14. The van der Waals surface area contributed by atoms with Gasteiger partial charge in [0.1, 0.15) is 0 Å². The Morgan fingerprint density at radius 1 is 0.893 bits per heavy atom. The maximum Gasteiger partial charge on any atom is 0.309 e. The Balaban J connectivity index is 1.29. The van der Waals surface area contributed by atoms with E-state index >= 15 is 0 Å². The number of carbonyl (C=O) groups is 2. The molecular weight excluding hydrogens is 364 g/mol. The molecule has 4 aliphatic rings. The number of rotatable bonds is 8. The van der Waals surface area contributed by atoms with E-state index in [1.807, 2.05) is 0 Å². The van der Waals surface area contributed by atoms with Gasteiger partial charge in [-0.05, 0) is 59.3 Å². The van der Waals surface area contributed by atoms with Crippen molar-refractivity contribution >= 4 is 11.9 Å². The summed E-state index contributed by atoms with van der Waals surface area (Å²) in [6.07, 6.45) is 5.38. The predicted molar refractivity (Wildman–Crippen MR) is 98.5 cm³/mol. The first kappa shape index (κ1) is 20.1. The molecule has 4 fully saturated rings. The highest BCUT2D eigenvalue weighted by Gasteiger charge is 2.65. The van der Waals surface area contributed by atoms with E-state index in [-0.39, 0.29) is 40.9 Å². The minimum atomic E-state index is -0.503. The third-order valence-electron chi connectivity index (χ3n) is 7.37. The second-order valence-electron chi connectivity index (χ2n) is 9.58. The maximum absolute atomic E-state index is 12.2. The molecule has 0 bridgehead atoms. The van der Waals surface area contributed by atoms with Gasteiger partial charge in [0.25, 0.3) is 0 Å². The van der Waals surface area contributed by atoms with Crippen LogP contribution in [-0.2, 0) is 33.3 Å².